The molecule has 0 aliphatic carbocycles. The van der Waals surface area contributed by atoms with Crippen molar-refractivity contribution in [3.05, 3.63) is 65.2 Å². The lowest BCUT2D eigenvalue weighted by Gasteiger charge is -2.07. The number of nitrogens with two attached hydrogens (primary N) is 1. The first-order chi connectivity index (χ1) is 9.29. The van der Waals surface area contributed by atoms with Crippen LogP contribution in [0.4, 0.5) is 0 Å². The minimum absolute atomic E-state index is 0.966. The predicted molar refractivity (Wildman–Crippen MR) is 78.4 cm³/mol. The maximum absolute atomic E-state index is 5.27. The van der Waals surface area contributed by atoms with Crippen LogP contribution in [0.1, 0.15) is 16.7 Å². The third-order valence-electron chi connectivity index (χ3n) is 3.32. The van der Waals surface area contributed by atoms with Crippen LogP contribution < -0.4 is 10.1 Å². The monoisotopic (exact) mass is 256 g/mol. The second-order valence-electron chi connectivity index (χ2n) is 4.82. The summed E-state index contributed by atoms with van der Waals surface area (Å²) in [5, 5.41) is 2.36. The standard InChI is InChI=1S/C17H21NO/c1-14-12-16(8-9-17(14)19-2)13-18-11-10-15-6-4-3-5-7-15/h3-9,12,18H,10-11,13H2,1-2H3/p+1. The van der Waals surface area contributed by atoms with Crippen LogP contribution in [0.25, 0.3) is 0 Å². The van der Waals surface area contributed by atoms with Gasteiger partial charge in [0.2, 0.25) is 0 Å². The third kappa shape index (κ3) is 4.11. The summed E-state index contributed by atoms with van der Waals surface area (Å²) in [4.78, 5) is 0. The number of methoxy groups -OCH3 is 1. The first kappa shape index (κ1) is 13.6. The van der Waals surface area contributed by atoms with Crippen molar-refractivity contribution in [2.45, 2.75) is 19.9 Å². The number of hydrogen-bond donors (Lipinski definition) is 1. The molecule has 0 radical (unpaired) electrons. The number of rotatable bonds is 6. The Morgan fingerprint density at radius 3 is 2.47 bits per heavy atom. The van der Waals surface area contributed by atoms with E-state index in [9.17, 15) is 0 Å². The highest BCUT2D eigenvalue weighted by Crippen LogP contribution is 2.17. The zero-order valence-corrected chi connectivity index (χ0v) is 11.7. The van der Waals surface area contributed by atoms with E-state index in [4.69, 9.17) is 4.74 Å². The van der Waals surface area contributed by atoms with Gasteiger partial charge in [-0.05, 0) is 36.2 Å². The van der Waals surface area contributed by atoms with Gasteiger partial charge in [-0.2, -0.15) is 0 Å². The highest BCUT2D eigenvalue weighted by Gasteiger charge is 2.01. The number of quaternary nitrogens is 1. The van der Waals surface area contributed by atoms with E-state index < -0.39 is 0 Å². The molecule has 0 spiro atoms. The molecule has 2 rings (SSSR count). The summed E-state index contributed by atoms with van der Waals surface area (Å²) >= 11 is 0. The Kier molecular flexibility index (Phi) is 4.99. The number of ether oxygens (including phenoxy) is 1. The third-order valence-corrected chi connectivity index (χ3v) is 3.32. The highest BCUT2D eigenvalue weighted by atomic mass is 16.5. The summed E-state index contributed by atoms with van der Waals surface area (Å²) < 4.78 is 5.27. The minimum Gasteiger partial charge on any atom is -0.496 e. The lowest BCUT2D eigenvalue weighted by Crippen LogP contribution is -2.83. The van der Waals surface area contributed by atoms with Crippen molar-refractivity contribution in [1.82, 2.24) is 0 Å². The Morgan fingerprint density at radius 2 is 1.79 bits per heavy atom. The quantitative estimate of drug-likeness (QED) is 0.789. The van der Waals surface area contributed by atoms with Crippen molar-refractivity contribution < 1.29 is 10.1 Å². The molecule has 0 atom stereocenters. The molecule has 0 saturated heterocycles. The molecule has 0 aliphatic heterocycles. The van der Waals surface area contributed by atoms with Crippen molar-refractivity contribution in [3.63, 3.8) is 0 Å². The van der Waals surface area contributed by atoms with E-state index in [1.165, 1.54) is 16.7 Å². The van der Waals surface area contributed by atoms with Gasteiger partial charge in [-0.3, -0.25) is 0 Å². The molecule has 0 unspecified atom stereocenters. The number of aryl methyl sites for hydroxylation is 1. The van der Waals surface area contributed by atoms with Crippen LogP contribution in [0.3, 0.4) is 0 Å². The van der Waals surface area contributed by atoms with Crippen molar-refractivity contribution >= 4 is 0 Å². The average Bonchev–Trinajstić information content (AvgIpc) is 2.45. The molecule has 100 valence electrons. The fourth-order valence-corrected chi connectivity index (χ4v) is 2.25. The van der Waals surface area contributed by atoms with Gasteiger partial charge in [-0.25, -0.2) is 0 Å². The maximum Gasteiger partial charge on any atom is 0.121 e. The van der Waals surface area contributed by atoms with E-state index in [2.05, 4.69) is 60.8 Å². The molecule has 2 heteroatoms. The van der Waals surface area contributed by atoms with E-state index in [-0.39, 0.29) is 0 Å². The zero-order chi connectivity index (χ0) is 13.5. The molecule has 19 heavy (non-hydrogen) atoms. The molecule has 2 aromatic rings. The summed E-state index contributed by atoms with van der Waals surface area (Å²) in [5.41, 5.74) is 3.97. The van der Waals surface area contributed by atoms with Crippen LogP contribution in [0.15, 0.2) is 48.5 Å². The van der Waals surface area contributed by atoms with Crippen LogP contribution in [0.5, 0.6) is 5.75 Å². The summed E-state index contributed by atoms with van der Waals surface area (Å²) in [6.07, 6.45) is 1.12. The Bertz CT molecular complexity index is 508. The summed E-state index contributed by atoms with van der Waals surface area (Å²) in [7, 11) is 1.72. The summed E-state index contributed by atoms with van der Waals surface area (Å²) in [5.74, 6) is 0.966. The lowest BCUT2D eigenvalue weighted by atomic mass is 10.1. The SMILES string of the molecule is COc1ccc(C[NH2+]CCc2ccccc2)cc1C. The van der Waals surface area contributed by atoms with Crippen LogP contribution >= 0.6 is 0 Å². The topological polar surface area (TPSA) is 25.8 Å². The van der Waals surface area contributed by atoms with E-state index in [1.807, 2.05) is 0 Å². The molecule has 0 aromatic heterocycles. The normalized spacial score (nSPS) is 10.4. The molecule has 2 N–H and O–H groups in total. The Morgan fingerprint density at radius 1 is 1.00 bits per heavy atom. The van der Waals surface area contributed by atoms with Crippen molar-refractivity contribution in [2.24, 2.45) is 0 Å². The highest BCUT2D eigenvalue weighted by molar-refractivity contribution is 5.35. The predicted octanol–water partition coefficient (Wildman–Crippen LogP) is 2.31. The second-order valence-corrected chi connectivity index (χ2v) is 4.82. The summed E-state index contributed by atoms with van der Waals surface area (Å²) in [6.45, 7) is 4.24. The number of hydrogen-bond acceptors (Lipinski definition) is 1. The Hall–Kier alpha value is -1.80. The van der Waals surface area contributed by atoms with Crippen molar-refractivity contribution in [1.29, 1.82) is 0 Å². The van der Waals surface area contributed by atoms with Crippen LogP contribution in [0.2, 0.25) is 0 Å². The van der Waals surface area contributed by atoms with Gasteiger partial charge >= 0.3 is 0 Å². The van der Waals surface area contributed by atoms with Crippen LogP contribution in [-0.2, 0) is 13.0 Å². The molecule has 0 saturated carbocycles. The van der Waals surface area contributed by atoms with Gasteiger partial charge in [0.05, 0.1) is 13.7 Å². The molecule has 0 aliphatic rings. The minimum atomic E-state index is 0.966. The van der Waals surface area contributed by atoms with E-state index in [0.29, 0.717) is 0 Å². The largest absolute Gasteiger partial charge is 0.496 e. The van der Waals surface area contributed by atoms with Gasteiger partial charge in [-0.15, -0.1) is 0 Å². The van der Waals surface area contributed by atoms with Gasteiger partial charge < -0.3 is 10.1 Å². The lowest BCUT2D eigenvalue weighted by molar-refractivity contribution is -0.670. The van der Waals surface area contributed by atoms with Gasteiger partial charge in [0.15, 0.2) is 0 Å². The average molecular weight is 256 g/mol. The van der Waals surface area contributed by atoms with E-state index in [0.717, 1.165) is 25.3 Å². The van der Waals surface area contributed by atoms with Gasteiger partial charge in [0, 0.05) is 12.0 Å². The Balaban J connectivity index is 1.78. The van der Waals surface area contributed by atoms with Gasteiger partial charge in [0.1, 0.15) is 12.3 Å². The second kappa shape index (κ2) is 6.95. The molecule has 0 amide bonds. The fourth-order valence-electron chi connectivity index (χ4n) is 2.25. The fraction of sp³-hybridized carbons (Fsp3) is 0.294. The zero-order valence-electron chi connectivity index (χ0n) is 11.7. The van der Waals surface area contributed by atoms with Crippen molar-refractivity contribution in [3.8, 4) is 5.75 Å². The van der Waals surface area contributed by atoms with Gasteiger partial charge in [0.25, 0.3) is 0 Å². The van der Waals surface area contributed by atoms with Gasteiger partial charge in [-0.1, -0.05) is 30.3 Å². The first-order valence-corrected chi connectivity index (χ1v) is 6.78. The Labute approximate surface area is 115 Å². The molecule has 2 aromatic carbocycles. The van der Waals surface area contributed by atoms with Crippen molar-refractivity contribution in [2.75, 3.05) is 13.7 Å². The van der Waals surface area contributed by atoms with E-state index >= 15 is 0 Å². The smallest absolute Gasteiger partial charge is 0.121 e. The molecule has 0 bridgehead atoms. The molecule has 0 heterocycles. The molecular formula is C17H22NO+. The maximum atomic E-state index is 5.27. The molecule has 2 nitrogen and oxygen atoms in total. The van der Waals surface area contributed by atoms with Crippen LogP contribution in [-0.4, -0.2) is 13.7 Å². The first-order valence-electron chi connectivity index (χ1n) is 6.78. The molecule has 0 fully saturated rings. The molecular weight excluding hydrogens is 234 g/mol. The summed E-state index contributed by atoms with van der Waals surface area (Å²) in [6, 6.07) is 17.0. The van der Waals surface area contributed by atoms with Crippen LogP contribution in [0, 0.1) is 6.92 Å². The van der Waals surface area contributed by atoms with E-state index in [1.54, 1.807) is 7.11 Å². The number of benzene rings is 2.